The summed E-state index contributed by atoms with van der Waals surface area (Å²) < 4.78 is 0. The molecule has 7 heteroatoms. The molecule has 0 aliphatic heterocycles. The van der Waals surface area contributed by atoms with Crippen molar-refractivity contribution in [2.45, 2.75) is 19.5 Å². The molecule has 7 nitrogen and oxygen atoms in total. The van der Waals surface area contributed by atoms with Crippen LogP contribution in [0, 0.1) is 6.92 Å². The van der Waals surface area contributed by atoms with E-state index in [1.54, 1.807) is 48.8 Å². The van der Waals surface area contributed by atoms with Gasteiger partial charge in [-0.3, -0.25) is 9.78 Å². The highest BCUT2D eigenvalue weighted by molar-refractivity contribution is 6.04. The van der Waals surface area contributed by atoms with Crippen molar-refractivity contribution in [3.05, 3.63) is 95.3 Å². The molecule has 3 amide bonds. The monoisotopic (exact) mass is 403 g/mol. The second kappa shape index (κ2) is 10.2. The summed E-state index contributed by atoms with van der Waals surface area (Å²) in [6, 6.07) is 17.8. The van der Waals surface area contributed by atoms with Crippen molar-refractivity contribution in [3.8, 4) is 0 Å². The number of hydrogen-bond acceptors (Lipinski definition) is 4. The number of aromatic nitrogens is 1. The van der Waals surface area contributed by atoms with Crippen LogP contribution in [-0.4, -0.2) is 23.5 Å². The van der Waals surface area contributed by atoms with Gasteiger partial charge < -0.3 is 21.7 Å². The van der Waals surface area contributed by atoms with E-state index in [0.717, 1.165) is 11.1 Å². The number of nitrogens with two attached hydrogens (primary N) is 1. The highest BCUT2D eigenvalue weighted by atomic mass is 16.2. The SMILES string of the molecule is Cc1ccc(CNC(=O)NCC(N)c2ccc(C(=O)Nc3ccncc3)cc2)cc1. The molecule has 5 N–H and O–H groups in total. The molecule has 0 bridgehead atoms. The molecule has 0 saturated carbocycles. The first-order valence-electron chi connectivity index (χ1n) is 9.65. The van der Waals surface area contributed by atoms with Gasteiger partial charge in [-0.1, -0.05) is 42.0 Å². The van der Waals surface area contributed by atoms with Crippen molar-refractivity contribution < 1.29 is 9.59 Å². The minimum atomic E-state index is -0.382. The predicted octanol–water partition coefficient (Wildman–Crippen LogP) is 3.14. The Bertz CT molecular complexity index is 973. The van der Waals surface area contributed by atoms with E-state index in [1.165, 1.54) is 5.56 Å². The van der Waals surface area contributed by atoms with Crippen LogP contribution in [0.25, 0.3) is 0 Å². The third-order valence-corrected chi connectivity index (χ3v) is 4.60. The molecule has 0 radical (unpaired) electrons. The van der Waals surface area contributed by atoms with Gasteiger partial charge in [0.1, 0.15) is 0 Å². The van der Waals surface area contributed by atoms with Crippen molar-refractivity contribution in [2.75, 3.05) is 11.9 Å². The number of carbonyl (C=O) groups is 2. The third-order valence-electron chi connectivity index (χ3n) is 4.60. The predicted molar refractivity (Wildman–Crippen MR) is 117 cm³/mol. The van der Waals surface area contributed by atoms with Crippen LogP contribution in [0.4, 0.5) is 10.5 Å². The molecule has 0 spiro atoms. The van der Waals surface area contributed by atoms with Gasteiger partial charge in [-0.15, -0.1) is 0 Å². The van der Waals surface area contributed by atoms with Crippen LogP contribution in [0.2, 0.25) is 0 Å². The van der Waals surface area contributed by atoms with Gasteiger partial charge in [0.2, 0.25) is 0 Å². The molecule has 2 aromatic carbocycles. The topological polar surface area (TPSA) is 109 Å². The number of nitrogens with one attached hydrogen (secondary N) is 3. The van der Waals surface area contributed by atoms with Crippen LogP contribution in [0.5, 0.6) is 0 Å². The quantitative estimate of drug-likeness (QED) is 0.486. The van der Waals surface area contributed by atoms with Crippen LogP contribution in [0.15, 0.2) is 73.1 Å². The van der Waals surface area contributed by atoms with Crippen LogP contribution in [0.3, 0.4) is 0 Å². The second-order valence-corrected chi connectivity index (χ2v) is 6.97. The maximum atomic E-state index is 12.3. The zero-order chi connectivity index (χ0) is 21.3. The van der Waals surface area contributed by atoms with E-state index in [1.807, 2.05) is 31.2 Å². The van der Waals surface area contributed by atoms with Gasteiger partial charge in [0.15, 0.2) is 0 Å². The lowest BCUT2D eigenvalue weighted by Crippen LogP contribution is -2.39. The number of urea groups is 1. The first-order chi connectivity index (χ1) is 14.5. The van der Waals surface area contributed by atoms with Gasteiger partial charge in [0.25, 0.3) is 5.91 Å². The third kappa shape index (κ3) is 6.15. The highest BCUT2D eigenvalue weighted by Crippen LogP contribution is 2.13. The Hall–Kier alpha value is -3.71. The van der Waals surface area contributed by atoms with Gasteiger partial charge in [-0.05, 0) is 42.3 Å². The first-order valence-corrected chi connectivity index (χ1v) is 9.65. The fourth-order valence-electron chi connectivity index (χ4n) is 2.79. The van der Waals surface area contributed by atoms with Gasteiger partial charge in [0, 0.05) is 42.8 Å². The lowest BCUT2D eigenvalue weighted by atomic mass is 10.1. The average molecular weight is 403 g/mol. The van der Waals surface area contributed by atoms with E-state index in [-0.39, 0.29) is 24.5 Å². The molecule has 0 fully saturated rings. The standard InChI is InChI=1S/C23H25N5O2/c1-16-2-4-17(5-3-16)14-26-23(30)27-15-21(24)18-6-8-19(9-7-18)22(29)28-20-10-12-25-13-11-20/h2-13,21H,14-15,24H2,1H3,(H,25,28,29)(H2,26,27,30). The Balaban J connectivity index is 1.45. The fraction of sp³-hybridized carbons (Fsp3) is 0.174. The Morgan fingerprint density at radius 3 is 2.27 bits per heavy atom. The second-order valence-electron chi connectivity index (χ2n) is 6.97. The van der Waals surface area contributed by atoms with Crippen LogP contribution in [-0.2, 0) is 6.54 Å². The van der Waals surface area contributed by atoms with Gasteiger partial charge in [-0.25, -0.2) is 4.79 Å². The minimum absolute atomic E-state index is 0.213. The highest BCUT2D eigenvalue weighted by Gasteiger charge is 2.11. The number of carbonyl (C=O) groups excluding carboxylic acids is 2. The summed E-state index contributed by atoms with van der Waals surface area (Å²) >= 11 is 0. The van der Waals surface area contributed by atoms with Crippen LogP contribution >= 0.6 is 0 Å². The zero-order valence-electron chi connectivity index (χ0n) is 16.8. The number of anilines is 1. The molecule has 1 heterocycles. The van der Waals surface area contributed by atoms with E-state index >= 15 is 0 Å². The molecule has 30 heavy (non-hydrogen) atoms. The molecular weight excluding hydrogens is 378 g/mol. The molecule has 1 aromatic heterocycles. The fourth-order valence-corrected chi connectivity index (χ4v) is 2.79. The number of benzene rings is 2. The molecule has 154 valence electrons. The zero-order valence-corrected chi connectivity index (χ0v) is 16.8. The maximum Gasteiger partial charge on any atom is 0.315 e. The van der Waals surface area contributed by atoms with Crippen molar-refractivity contribution in [1.82, 2.24) is 15.6 Å². The summed E-state index contributed by atoms with van der Waals surface area (Å²) in [6.07, 6.45) is 3.23. The molecular formula is C23H25N5O2. The lowest BCUT2D eigenvalue weighted by Gasteiger charge is -2.14. The minimum Gasteiger partial charge on any atom is -0.336 e. The molecule has 1 unspecified atom stereocenters. The number of aryl methyl sites for hydroxylation is 1. The van der Waals surface area contributed by atoms with E-state index in [4.69, 9.17) is 5.73 Å². The van der Waals surface area contributed by atoms with E-state index in [2.05, 4.69) is 20.9 Å². The Morgan fingerprint density at radius 2 is 1.60 bits per heavy atom. The van der Waals surface area contributed by atoms with Crippen molar-refractivity contribution >= 4 is 17.6 Å². The Morgan fingerprint density at radius 1 is 0.933 bits per heavy atom. The lowest BCUT2D eigenvalue weighted by molar-refractivity contribution is 0.102. The summed E-state index contributed by atoms with van der Waals surface area (Å²) in [6.45, 7) is 2.75. The number of hydrogen-bond donors (Lipinski definition) is 4. The van der Waals surface area contributed by atoms with Crippen molar-refractivity contribution in [3.63, 3.8) is 0 Å². The smallest absolute Gasteiger partial charge is 0.315 e. The van der Waals surface area contributed by atoms with Gasteiger partial charge >= 0.3 is 6.03 Å². The number of nitrogens with zero attached hydrogens (tertiary/aromatic N) is 1. The molecule has 1 atom stereocenters. The normalized spacial score (nSPS) is 11.4. The largest absolute Gasteiger partial charge is 0.336 e. The summed E-state index contributed by atoms with van der Waals surface area (Å²) in [5.74, 6) is -0.213. The summed E-state index contributed by atoms with van der Waals surface area (Å²) in [5.41, 5.74) is 10.4. The molecule has 0 aliphatic carbocycles. The molecule has 3 aromatic rings. The number of rotatable bonds is 7. The Labute approximate surface area is 175 Å². The number of pyridine rings is 1. The molecule has 0 aliphatic rings. The molecule has 0 saturated heterocycles. The molecule has 3 rings (SSSR count). The van der Waals surface area contributed by atoms with Crippen LogP contribution < -0.4 is 21.7 Å². The average Bonchev–Trinajstić information content (AvgIpc) is 2.78. The van der Waals surface area contributed by atoms with Gasteiger partial charge in [0.05, 0.1) is 0 Å². The summed E-state index contributed by atoms with van der Waals surface area (Å²) in [7, 11) is 0. The maximum absolute atomic E-state index is 12.3. The van der Waals surface area contributed by atoms with Crippen LogP contribution in [0.1, 0.15) is 33.1 Å². The van der Waals surface area contributed by atoms with Gasteiger partial charge in [-0.2, -0.15) is 0 Å². The van der Waals surface area contributed by atoms with E-state index in [0.29, 0.717) is 17.8 Å². The Kier molecular flexibility index (Phi) is 7.13. The summed E-state index contributed by atoms with van der Waals surface area (Å²) in [5, 5.41) is 8.38. The van der Waals surface area contributed by atoms with E-state index < -0.39 is 0 Å². The summed E-state index contributed by atoms with van der Waals surface area (Å²) in [4.78, 5) is 28.2. The van der Waals surface area contributed by atoms with Crippen molar-refractivity contribution in [2.24, 2.45) is 5.73 Å². The van der Waals surface area contributed by atoms with Crippen molar-refractivity contribution in [1.29, 1.82) is 0 Å². The number of amides is 3. The first kappa shape index (κ1) is 21.0. The van der Waals surface area contributed by atoms with E-state index in [9.17, 15) is 9.59 Å².